The van der Waals surface area contributed by atoms with E-state index in [9.17, 15) is 5.26 Å². The number of nitrogens with zero attached hydrogens (tertiary/aromatic N) is 2. The van der Waals surface area contributed by atoms with Crippen molar-refractivity contribution in [3.05, 3.63) is 71.4 Å². The average Bonchev–Trinajstić information content (AvgIpc) is 2.90. The highest BCUT2D eigenvalue weighted by atomic mass is 15.0. The van der Waals surface area contributed by atoms with Gasteiger partial charge in [0.2, 0.25) is 0 Å². The zero-order valence-electron chi connectivity index (χ0n) is 13.5. The minimum atomic E-state index is 0.0681. The van der Waals surface area contributed by atoms with E-state index in [1.807, 2.05) is 0 Å². The van der Waals surface area contributed by atoms with Crippen molar-refractivity contribution in [2.75, 3.05) is 0 Å². The minimum absolute atomic E-state index is 0.0681. The van der Waals surface area contributed by atoms with Gasteiger partial charge in [-0.3, -0.25) is 0 Å². The highest BCUT2D eigenvalue weighted by molar-refractivity contribution is 5.87. The molecule has 3 aromatic rings. The lowest BCUT2D eigenvalue weighted by Gasteiger charge is -2.32. The fourth-order valence-electron chi connectivity index (χ4n) is 4.26. The van der Waals surface area contributed by atoms with Crippen LogP contribution in [-0.2, 0) is 7.05 Å². The van der Waals surface area contributed by atoms with Gasteiger partial charge in [0.05, 0.1) is 12.0 Å². The highest BCUT2D eigenvalue weighted by Gasteiger charge is 2.37. The summed E-state index contributed by atoms with van der Waals surface area (Å²) in [6.07, 6.45) is 0.902. The molecule has 3 atom stereocenters. The molecule has 1 aromatic heterocycles. The van der Waals surface area contributed by atoms with Crippen molar-refractivity contribution in [2.24, 2.45) is 13.0 Å². The maximum absolute atomic E-state index is 9.67. The molecular weight excluding hydrogens is 280 g/mol. The van der Waals surface area contributed by atoms with E-state index in [0.29, 0.717) is 5.92 Å². The van der Waals surface area contributed by atoms with E-state index < -0.39 is 0 Å². The van der Waals surface area contributed by atoms with Gasteiger partial charge in [-0.25, -0.2) is 0 Å². The number of aromatic nitrogens is 1. The van der Waals surface area contributed by atoms with Crippen LogP contribution in [0.5, 0.6) is 0 Å². The Hall–Kier alpha value is -2.53. The van der Waals surface area contributed by atoms with Crippen LogP contribution in [-0.4, -0.2) is 4.57 Å². The molecule has 114 valence electrons. The van der Waals surface area contributed by atoms with E-state index in [2.05, 4.69) is 79.2 Å². The maximum atomic E-state index is 9.67. The Kier molecular flexibility index (Phi) is 3.23. The van der Waals surface area contributed by atoms with Gasteiger partial charge in [0, 0.05) is 29.6 Å². The van der Waals surface area contributed by atoms with Crippen molar-refractivity contribution < 1.29 is 0 Å². The van der Waals surface area contributed by atoms with Crippen molar-refractivity contribution in [1.82, 2.24) is 4.57 Å². The molecule has 0 radical (unpaired) electrons. The summed E-state index contributed by atoms with van der Waals surface area (Å²) in [5.41, 5.74) is 5.34. The van der Waals surface area contributed by atoms with Crippen molar-refractivity contribution in [3.63, 3.8) is 0 Å². The molecule has 2 heteroatoms. The van der Waals surface area contributed by atoms with Crippen molar-refractivity contribution in [3.8, 4) is 6.07 Å². The third-order valence-corrected chi connectivity index (χ3v) is 5.44. The Morgan fingerprint density at radius 1 is 1.04 bits per heavy atom. The third-order valence-electron chi connectivity index (χ3n) is 5.44. The van der Waals surface area contributed by atoms with Gasteiger partial charge >= 0.3 is 0 Å². The van der Waals surface area contributed by atoms with Crippen LogP contribution < -0.4 is 0 Å². The van der Waals surface area contributed by atoms with Crippen molar-refractivity contribution in [2.45, 2.75) is 25.2 Å². The Morgan fingerprint density at radius 3 is 2.48 bits per heavy atom. The van der Waals surface area contributed by atoms with Gasteiger partial charge in [0.25, 0.3) is 0 Å². The molecule has 0 fully saturated rings. The molecule has 2 nitrogen and oxygen atoms in total. The lowest BCUT2D eigenvalue weighted by atomic mass is 9.71. The summed E-state index contributed by atoms with van der Waals surface area (Å²) < 4.78 is 2.34. The zero-order valence-corrected chi connectivity index (χ0v) is 13.5. The molecule has 0 aliphatic heterocycles. The molecule has 0 amide bonds. The second kappa shape index (κ2) is 5.28. The molecule has 0 bridgehead atoms. The monoisotopic (exact) mass is 300 g/mol. The van der Waals surface area contributed by atoms with Crippen LogP contribution in [0.2, 0.25) is 0 Å². The zero-order chi connectivity index (χ0) is 16.0. The van der Waals surface area contributed by atoms with Gasteiger partial charge in [-0.15, -0.1) is 0 Å². The molecule has 0 saturated heterocycles. The standard InChI is InChI=1S/C21H20N2/c1-14-16(13-22)12-18(15-8-4-3-5-9-15)21-20(14)17-10-6-7-11-19(17)23(21)2/h3-11,14,16,18H,12H2,1-2H3. The predicted octanol–water partition coefficient (Wildman–Crippen LogP) is 4.96. The van der Waals surface area contributed by atoms with Crippen LogP contribution in [0.1, 0.15) is 42.0 Å². The van der Waals surface area contributed by atoms with E-state index in [-0.39, 0.29) is 11.8 Å². The van der Waals surface area contributed by atoms with Crippen molar-refractivity contribution >= 4 is 10.9 Å². The summed E-state index contributed by atoms with van der Waals surface area (Å²) in [5.74, 6) is 0.643. The Bertz CT molecular complexity index is 899. The van der Waals surface area contributed by atoms with E-state index in [0.717, 1.165) is 6.42 Å². The fraction of sp³-hybridized carbons (Fsp3) is 0.286. The number of nitriles is 1. The molecule has 0 N–H and O–H groups in total. The van der Waals surface area contributed by atoms with Crippen molar-refractivity contribution in [1.29, 1.82) is 5.26 Å². The average molecular weight is 300 g/mol. The number of para-hydroxylation sites is 1. The number of rotatable bonds is 1. The van der Waals surface area contributed by atoms with E-state index in [1.165, 1.54) is 27.7 Å². The highest BCUT2D eigenvalue weighted by Crippen LogP contribution is 2.48. The Labute approximate surface area is 137 Å². The predicted molar refractivity (Wildman–Crippen MR) is 93.3 cm³/mol. The molecule has 0 spiro atoms. The lowest BCUT2D eigenvalue weighted by molar-refractivity contribution is 0.440. The first-order valence-electron chi connectivity index (χ1n) is 8.24. The smallest absolute Gasteiger partial charge is 0.0662 e. The summed E-state index contributed by atoms with van der Waals surface area (Å²) in [5, 5.41) is 11.0. The fourth-order valence-corrected chi connectivity index (χ4v) is 4.26. The van der Waals surface area contributed by atoms with E-state index >= 15 is 0 Å². The van der Waals surface area contributed by atoms with Gasteiger partial charge in [-0.1, -0.05) is 55.5 Å². The van der Waals surface area contributed by atoms with Crippen LogP contribution in [0.4, 0.5) is 0 Å². The molecule has 1 heterocycles. The molecule has 3 unspecified atom stereocenters. The van der Waals surface area contributed by atoms with Gasteiger partial charge in [0.1, 0.15) is 0 Å². The first-order valence-corrected chi connectivity index (χ1v) is 8.24. The lowest BCUT2D eigenvalue weighted by Crippen LogP contribution is -2.23. The van der Waals surface area contributed by atoms with Crippen LogP contribution in [0.3, 0.4) is 0 Å². The third kappa shape index (κ3) is 2.00. The molecule has 0 saturated carbocycles. The summed E-state index contributed by atoms with van der Waals surface area (Å²) in [6, 6.07) is 21.8. The number of benzene rings is 2. The Morgan fingerprint density at radius 2 is 1.74 bits per heavy atom. The summed E-state index contributed by atoms with van der Waals surface area (Å²) >= 11 is 0. The first kappa shape index (κ1) is 14.1. The first-order chi connectivity index (χ1) is 11.2. The van der Waals surface area contributed by atoms with Crippen LogP contribution in [0.25, 0.3) is 10.9 Å². The number of fused-ring (bicyclic) bond motifs is 3. The van der Waals surface area contributed by atoms with Gasteiger partial charge in [0.15, 0.2) is 0 Å². The van der Waals surface area contributed by atoms with Gasteiger partial charge < -0.3 is 4.57 Å². The summed E-state index contributed by atoms with van der Waals surface area (Å²) in [7, 11) is 2.16. The SMILES string of the molecule is CC1c2c(n(C)c3ccccc23)C(c2ccccc2)CC1C#N. The topological polar surface area (TPSA) is 28.7 Å². The molecule has 23 heavy (non-hydrogen) atoms. The number of hydrogen-bond acceptors (Lipinski definition) is 1. The second-order valence-corrected chi connectivity index (χ2v) is 6.60. The summed E-state index contributed by atoms with van der Waals surface area (Å²) in [6.45, 7) is 2.21. The summed E-state index contributed by atoms with van der Waals surface area (Å²) in [4.78, 5) is 0. The molecule has 2 aromatic carbocycles. The van der Waals surface area contributed by atoms with E-state index in [1.54, 1.807) is 0 Å². The molecule has 4 rings (SSSR count). The van der Waals surface area contributed by atoms with Gasteiger partial charge in [-0.2, -0.15) is 5.26 Å². The van der Waals surface area contributed by atoms with Gasteiger partial charge in [-0.05, 0) is 29.5 Å². The molecular formula is C21H20N2. The van der Waals surface area contributed by atoms with E-state index in [4.69, 9.17) is 0 Å². The molecule has 1 aliphatic carbocycles. The normalized spacial score (nSPS) is 23.4. The quantitative estimate of drug-likeness (QED) is 0.624. The van der Waals surface area contributed by atoms with Crippen LogP contribution in [0, 0.1) is 17.2 Å². The second-order valence-electron chi connectivity index (χ2n) is 6.60. The molecule has 1 aliphatic rings. The Balaban J connectivity index is 2.03. The van der Waals surface area contributed by atoms with Crippen LogP contribution in [0.15, 0.2) is 54.6 Å². The largest absolute Gasteiger partial charge is 0.347 e. The van der Waals surface area contributed by atoms with Crippen LogP contribution >= 0.6 is 0 Å². The maximum Gasteiger partial charge on any atom is 0.0662 e. The number of hydrogen-bond donors (Lipinski definition) is 0. The number of aryl methyl sites for hydroxylation is 1. The minimum Gasteiger partial charge on any atom is -0.347 e.